The normalized spacial score (nSPS) is 15.4. The summed E-state index contributed by atoms with van der Waals surface area (Å²) in [5, 5.41) is 7.82. The van der Waals surface area contributed by atoms with Gasteiger partial charge in [0.05, 0.1) is 12.4 Å². The molecule has 0 aliphatic heterocycles. The first-order valence-electron chi connectivity index (χ1n) is 5.01. The van der Waals surface area contributed by atoms with E-state index in [0.717, 1.165) is 12.2 Å². The Balaban J connectivity index is 2.11. The van der Waals surface area contributed by atoms with Crippen LogP contribution in [-0.2, 0) is 12.8 Å². The van der Waals surface area contributed by atoms with E-state index < -0.39 is 0 Å². The molecule has 2 aromatic heterocycles. The van der Waals surface area contributed by atoms with Crippen LogP contribution in [0.5, 0.6) is 0 Å². The predicted octanol–water partition coefficient (Wildman–Crippen LogP) is 1.47. The van der Waals surface area contributed by atoms with Gasteiger partial charge < -0.3 is 4.98 Å². The van der Waals surface area contributed by atoms with Crippen molar-refractivity contribution >= 4 is 0 Å². The maximum Gasteiger partial charge on any atom is 0.136 e. The molecular weight excluding hydrogens is 176 g/mol. The molecule has 0 bridgehead atoms. The van der Waals surface area contributed by atoms with Crippen LogP contribution in [0.4, 0.5) is 0 Å². The van der Waals surface area contributed by atoms with Crippen LogP contribution in [0.15, 0.2) is 18.6 Å². The van der Waals surface area contributed by atoms with E-state index in [1.54, 1.807) is 6.20 Å². The van der Waals surface area contributed by atoms with Gasteiger partial charge in [0.25, 0.3) is 0 Å². The summed E-state index contributed by atoms with van der Waals surface area (Å²) < 4.78 is 1.81. The summed E-state index contributed by atoms with van der Waals surface area (Å²) >= 11 is 0. The monoisotopic (exact) mass is 188 g/mol. The molecule has 0 unspecified atom stereocenters. The zero-order valence-electron chi connectivity index (χ0n) is 7.90. The SMILES string of the molecule is c1cn(-c2[nH]cc3c2CCCC3)nn1. The van der Waals surface area contributed by atoms with Crippen molar-refractivity contribution in [2.45, 2.75) is 25.7 Å². The molecule has 72 valence electrons. The third-order valence-electron chi connectivity index (χ3n) is 2.83. The van der Waals surface area contributed by atoms with Crippen molar-refractivity contribution in [3.8, 4) is 5.82 Å². The first-order chi connectivity index (χ1) is 6.95. The van der Waals surface area contributed by atoms with Gasteiger partial charge in [-0.15, -0.1) is 5.10 Å². The lowest BCUT2D eigenvalue weighted by atomic mass is 9.95. The summed E-state index contributed by atoms with van der Waals surface area (Å²) in [5.41, 5.74) is 2.86. The Hall–Kier alpha value is -1.58. The van der Waals surface area contributed by atoms with Gasteiger partial charge in [-0.2, -0.15) is 0 Å². The Bertz CT molecular complexity index is 427. The maximum absolute atomic E-state index is 4.00. The summed E-state index contributed by atoms with van der Waals surface area (Å²) in [6, 6.07) is 0. The Morgan fingerprint density at radius 3 is 3.07 bits per heavy atom. The number of hydrogen-bond donors (Lipinski definition) is 1. The highest BCUT2D eigenvalue weighted by Crippen LogP contribution is 2.25. The molecule has 0 fully saturated rings. The number of hydrogen-bond acceptors (Lipinski definition) is 2. The van der Waals surface area contributed by atoms with E-state index in [4.69, 9.17) is 0 Å². The van der Waals surface area contributed by atoms with Gasteiger partial charge in [0.1, 0.15) is 5.82 Å². The van der Waals surface area contributed by atoms with Gasteiger partial charge in [0.15, 0.2) is 0 Å². The highest BCUT2D eigenvalue weighted by atomic mass is 15.4. The fourth-order valence-electron chi connectivity index (χ4n) is 2.13. The number of aromatic amines is 1. The molecule has 0 saturated heterocycles. The number of nitrogens with one attached hydrogen (secondary N) is 1. The van der Waals surface area contributed by atoms with Crippen LogP contribution in [0.3, 0.4) is 0 Å². The number of nitrogens with zero attached hydrogens (tertiary/aromatic N) is 3. The second-order valence-corrected chi connectivity index (χ2v) is 3.70. The van der Waals surface area contributed by atoms with Crippen LogP contribution in [0.25, 0.3) is 5.82 Å². The molecule has 0 radical (unpaired) electrons. The van der Waals surface area contributed by atoms with Gasteiger partial charge in [-0.25, -0.2) is 4.68 Å². The van der Waals surface area contributed by atoms with E-state index in [-0.39, 0.29) is 0 Å². The smallest absolute Gasteiger partial charge is 0.136 e. The Morgan fingerprint density at radius 1 is 1.29 bits per heavy atom. The molecule has 2 aromatic rings. The standard InChI is InChI=1S/C10H12N4/c1-2-4-9-8(3-1)7-11-10(9)14-6-5-12-13-14/h5-7,11H,1-4H2. The largest absolute Gasteiger partial charge is 0.346 e. The molecule has 0 saturated carbocycles. The van der Waals surface area contributed by atoms with E-state index in [1.165, 1.54) is 30.4 Å². The minimum absolute atomic E-state index is 1.09. The molecule has 1 aliphatic rings. The molecule has 3 rings (SSSR count). The van der Waals surface area contributed by atoms with Gasteiger partial charge in [-0.1, -0.05) is 5.21 Å². The molecule has 1 N–H and O–H groups in total. The summed E-state index contributed by atoms with van der Waals surface area (Å²) in [6.07, 6.45) is 10.6. The van der Waals surface area contributed by atoms with Gasteiger partial charge in [0, 0.05) is 6.20 Å². The van der Waals surface area contributed by atoms with Crippen molar-refractivity contribution in [3.63, 3.8) is 0 Å². The quantitative estimate of drug-likeness (QED) is 0.736. The minimum atomic E-state index is 1.09. The average Bonchev–Trinajstić information content (AvgIpc) is 2.85. The van der Waals surface area contributed by atoms with Crippen LogP contribution >= 0.6 is 0 Å². The van der Waals surface area contributed by atoms with E-state index in [1.807, 2.05) is 10.9 Å². The summed E-state index contributed by atoms with van der Waals surface area (Å²) in [5.74, 6) is 1.09. The van der Waals surface area contributed by atoms with Crippen LogP contribution < -0.4 is 0 Å². The molecule has 14 heavy (non-hydrogen) atoms. The number of H-pyrrole nitrogens is 1. The van der Waals surface area contributed by atoms with Gasteiger partial charge in [-0.3, -0.25) is 0 Å². The Kier molecular flexibility index (Phi) is 1.65. The zero-order valence-corrected chi connectivity index (χ0v) is 7.90. The van der Waals surface area contributed by atoms with E-state index in [9.17, 15) is 0 Å². The van der Waals surface area contributed by atoms with Crippen LogP contribution in [0.1, 0.15) is 24.0 Å². The third-order valence-corrected chi connectivity index (χ3v) is 2.83. The van der Waals surface area contributed by atoms with Crippen molar-refractivity contribution in [3.05, 3.63) is 29.7 Å². The Labute approximate surface area is 81.9 Å². The molecule has 0 atom stereocenters. The average molecular weight is 188 g/mol. The Morgan fingerprint density at radius 2 is 2.21 bits per heavy atom. The first-order valence-corrected chi connectivity index (χ1v) is 5.01. The zero-order chi connectivity index (χ0) is 9.38. The first kappa shape index (κ1) is 7.79. The fourth-order valence-corrected chi connectivity index (χ4v) is 2.13. The molecule has 0 spiro atoms. The maximum atomic E-state index is 4.00. The second-order valence-electron chi connectivity index (χ2n) is 3.70. The summed E-state index contributed by atoms with van der Waals surface area (Å²) in [4.78, 5) is 3.28. The number of aryl methyl sites for hydroxylation is 1. The van der Waals surface area contributed by atoms with E-state index in [0.29, 0.717) is 0 Å². The van der Waals surface area contributed by atoms with Crippen LogP contribution in [0.2, 0.25) is 0 Å². The highest BCUT2D eigenvalue weighted by molar-refractivity contribution is 5.41. The van der Waals surface area contributed by atoms with Crippen molar-refractivity contribution in [1.29, 1.82) is 0 Å². The van der Waals surface area contributed by atoms with Crippen molar-refractivity contribution < 1.29 is 0 Å². The van der Waals surface area contributed by atoms with Gasteiger partial charge in [-0.05, 0) is 36.8 Å². The van der Waals surface area contributed by atoms with Crippen LogP contribution in [0, 0.1) is 0 Å². The summed E-state index contributed by atoms with van der Waals surface area (Å²) in [6.45, 7) is 0. The lowest BCUT2D eigenvalue weighted by Crippen LogP contribution is -2.04. The molecule has 1 aliphatic carbocycles. The number of aromatic nitrogens is 4. The molecule has 2 heterocycles. The fraction of sp³-hybridized carbons (Fsp3) is 0.400. The van der Waals surface area contributed by atoms with Crippen molar-refractivity contribution in [1.82, 2.24) is 20.0 Å². The highest BCUT2D eigenvalue weighted by Gasteiger charge is 2.16. The van der Waals surface area contributed by atoms with Gasteiger partial charge >= 0.3 is 0 Å². The summed E-state index contributed by atoms with van der Waals surface area (Å²) in [7, 11) is 0. The minimum Gasteiger partial charge on any atom is -0.346 e. The number of rotatable bonds is 1. The molecule has 4 heteroatoms. The number of fused-ring (bicyclic) bond motifs is 1. The van der Waals surface area contributed by atoms with E-state index in [2.05, 4.69) is 21.5 Å². The lowest BCUT2D eigenvalue weighted by Gasteiger charge is -2.11. The molecular formula is C10H12N4. The van der Waals surface area contributed by atoms with E-state index >= 15 is 0 Å². The third kappa shape index (κ3) is 1.07. The van der Waals surface area contributed by atoms with Crippen molar-refractivity contribution in [2.75, 3.05) is 0 Å². The lowest BCUT2D eigenvalue weighted by molar-refractivity contribution is 0.679. The van der Waals surface area contributed by atoms with Crippen molar-refractivity contribution in [2.24, 2.45) is 0 Å². The molecule has 0 aromatic carbocycles. The van der Waals surface area contributed by atoms with Gasteiger partial charge in [0.2, 0.25) is 0 Å². The second kappa shape index (κ2) is 2.97. The molecule has 4 nitrogen and oxygen atoms in total. The predicted molar refractivity (Wildman–Crippen MR) is 52.4 cm³/mol. The molecule has 0 amide bonds. The topological polar surface area (TPSA) is 46.5 Å². The van der Waals surface area contributed by atoms with Crippen LogP contribution in [-0.4, -0.2) is 20.0 Å².